The summed E-state index contributed by atoms with van der Waals surface area (Å²) in [6, 6.07) is 0. The molecule has 0 saturated carbocycles. The summed E-state index contributed by atoms with van der Waals surface area (Å²) in [4.78, 5) is 18.5. The Kier molecular flexibility index (Phi) is 5.42. The minimum absolute atomic E-state index is 0.172. The van der Waals surface area contributed by atoms with Crippen LogP contribution in [0, 0.1) is 0 Å². The summed E-state index contributed by atoms with van der Waals surface area (Å²) in [7, 11) is 0. The van der Waals surface area contributed by atoms with Crippen LogP contribution >= 0.6 is 0 Å². The van der Waals surface area contributed by atoms with E-state index in [0.717, 1.165) is 13.0 Å². The summed E-state index contributed by atoms with van der Waals surface area (Å²) >= 11 is 0. The molecule has 0 spiro atoms. The molecule has 5 nitrogen and oxygen atoms in total. The quantitative estimate of drug-likeness (QED) is 0.684. The van der Waals surface area contributed by atoms with Gasteiger partial charge in [0.25, 0.3) is 0 Å². The molecule has 0 aliphatic rings. The van der Waals surface area contributed by atoms with Gasteiger partial charge in [0.05, 0.1) is 5.69 Å². The average molecular weight is 223 g/mol. The summed E-state index contributed by atoms with van der Waals surface area (Å²) < 4.78 is 0. The smallest absolute Gasteiger partial charge is 0.339 e. The number of carboxylic acid groups (broad SMARTS) is 1. The van der Waals surface area contributed by atoms with Gasteiger partial charge in [0.2, 0.25) is 0 Å². The lowest BCUT2D eigenvalue weighted by Gasteiger charge is -2.05. The molecule has 1 aromatic rings. The Hall–Kier alpha value is -1.49. The second-order valence-electron chi connectivity index (χ2n) is 3.57. The highest BCUT2D eigenvalue weighted by molar-refractivity contribution is 5.88. The second-order valence-corrected chi connectivity index (χ2v) is 3.57. The van der Waals surface area contributed by atoms with E-state index in [0.29, 0.717) is 12.2 Å². The molecule has 88 valence electrons. The van der Waals surface area contributed by atoms with E-state index in [1.54, 1.807) is 0 Å². The van der Waals surface area contributed by atoms with Gasteiger partial charge in [-0.05, 0) is 13.0 Å². The lowest BCUT2D eigenvalue weighted by atomic mass is 10.2. The van der Waals surface area contributed by atoms with Crippen molar-refractivity contribution in [2.45, 2.75) is 32.7 Å². The standard InChI is InChI=1S/C11H17N3O2/c1-2-3-4-5-12-7-10-9(11(15)16)6-13-8-14-10/h6,8,12H,2-5,7H2,1H3,(H,15,16). The van der Waals surface area contributed by atoms with Gasteiger partial charge < -0.3 is 10.4 Å². The van der Waals surface area contributed by atoms with E-state index in [2.05, 4.69) is 22.2 Å². The topological polar surface area (TPSA) is 75.1 Å². The third kappa shape index (κ3) is 3.94. The van der Waals surface area contributed by atoms with Crippen molar-refractivity contribution in [2.24, 2.45) is 0 Å². The Morgan fingerprint density at radius 3 is 3.00 bits per heavy atom. The van der Waals surface area contributed by atoms with E-state index in [1.165, 1.54) is 25.4 Å². The molecule has 16 heavy (non-hydrogen) atoms. The van der Waals surface area contributed by atoms with Gasteiger partial charge in [0, 0.05) is 12.7 Å². The van der Waals surface area contributed by atoms with Crippen LogP contribution in [0.4, 0.5) is 0 Å². The minimum Gasteiger partial charge on any atom is -0.478 e. The first-order valence-electron chi connectivity index (χ1n) is 5.48. The maximum Gasteiger partial charge on any atom is 0.339 e. The first-order chi connectivity index (χ1) is 7.75. The molecule has 0 aliphatic heterocycles. The Morgan fingerprint density at radius 1 is 1.50 bits per heavy atom. The Morgan fingerprint density at radius 2 is 2.31 bits per heavy atom. The Bertz CT molecular complexity index is 342. The first-order valence-corrected chi connectivity index (χ1v) is 5.48. The highest BCUT2D eigenvalue weighted by Crippen LogP contribution is 2.03. The Labute approximate surface area is 94.9 Å². The zero-order chi connectivity index (χ0) is 11.8. The third-order valence-corrected chi connectivity index (χ3v) is 2.27. The molecule has 1 heterocycles. The summed E-state index contributed by atoms with van der Waals surface area (Å²) in [5.74, 6) is -0.981. The van der Waals surface area contributed by atoms with Crippen LogP contribution in [0.1, 0.15) is 42.2 Å². The molecule has 0 aliphatic carbocycles. The van der Waals surface area contributed by atoms with Crippen molar-refractivity contribution in [3.63, 3.8) is 0 Å². The van der Waals surface area contributed by atoms with Crippen LogP contribution < -0.4 is 5.32 Å². The molecule has 0 amide bonds. The zero-order valence-electron chi connectivity index (χ0n) is 9.44. The number of rotatable bonds is 7. The van der Waals surface area contributed by atoms with Crippen molar-refractivity contribution in [3.05, 3.63) is 23.8 Å². The minimum atomic E-state index is -0.981. The maximum absolute atomic E-state index is 10.8. The number of nitrogens with zero attached hydrogens (tertiary/aromatic N) is 2. The number of hydrogen-bond donors (Lipinski definition) is 2. The number of hydrogen-bond acceptors (Lipinski definition) is 4. The highest BCUT2D eigenvalue weighted by Gasteiger charge is 2.10. The third-order valence-electron chi connectivity index (χ3n) is 2.27. The number of carbonyl (C=O) groups is 1. The summed E-state index contributed by atoms with van der Waals surface area (Å²) in [6.45, 7) is 3.51. The normalized spacial score (nSPS) is 10.3. The van der Waals surface area contributed by atoms with Gasteiger partial charge in [-0.15, -0.1) is 0 Å². The molecule has 2 N–H and O–H groups in total. The molecular weight excluding hydrogens is 206 g/mol. The van der Waals surface area contributed by atoms with Crippen LogP contribution in [0.25, 0.3) is 0 Å². The van der Waals surface area contributed by atoms with Gasteiger partial charge in [0.1, 0.15) is 11.9 Å². The first kappa shape index (κ1) is 12.6. The fourth-order valence-corrected chi connectivity index (χ4v) is 1.38. The van der Waals surface area contributed by atoms with E-state index in [1.807, 2.05) is 0 Å². The fourth-order valence-electron chi connectivity index (χ4n) is 1.38. The average Bonchev–Trinajstić information content (AvgIpc) is 2.29. The van der Waals surface area contributed by atoms with Crippen LogP contribution in [0.3, 0.4) is 0 Å². The number of aromatic nitrogens is 2. The van der Waals surface area contributed by atoms with Crippen molar-refractivity contribution >= 4 is 5.97 Å². The lowest BCUT2D eigenvalue weighted by molar-refractivity contribution is 0.0694. The molecule has 0 aromatic carbocycles. The largest absolute Gasteiger partial charge is 0.478 e. The predicted molar refractivity (Wildman–Crippen MR) is 60.2 cm³/mol. The molecule has 0 saturated heterocycles. The van der Waals surface area contributed by atoms with E-state index in [9.17, 15) is 4.79 Å². The van der Waals surface area contributed by atoms with Crippen molar-refractivity contribution in [2.75, 3.05) is 6.54 Å². The van der Waals surface area contributed by atoms with Crippen LogP contribution in [0.5, 0.6) is 0 Å². The summed E-state index contributed by atoms with van der Waals surface area (Å²) in [5, 5.41) is 12.1. The summed E-state index contributed by atoms with van der Waals surface area (Å²) in [5.41, 5.74) is 0.712. The molecule has 5 heteroatoms. The number of carboxylic acids is 1. The molecule has 0 fully saturated rings. The number of unbranched alkanes of at least 4 members (excludes halogenated alkanes) is 2. The molecule has 0 bridgehead atoms. The predicted octanol–water partition coefficient (Wildman–Crippen LogP) is 1.45. The van der Waals surface area contributed by atoms with Crippen molar-refractivity contribution < 1.29 is 9.90 Å². The van der Waals surface area contributed by atoms with Gasteiger partial charge >= 0.3 is 5.97 Å². The number of nitrogens with one attached hydrogen (secondary N) is 1. The van der Waals surface area contributed by atoms with Crippen molar-refractivity contribution in [3.8, 4) is 0 Å². The molecule has 0 unspecified atom stereocenters. The highest BCUT2D eigenvalue weighted by atomic mass is 16.4. The van der Waals surface area contributed by atoms with Crippen molar-refractivity contribution in [1.29, 1.82) is 0 Å². The molecule has 1 rings (SSSR count). The van der Waals surface area contributed by atoms with E-state index in [4.69, 9.17) is 5.11 Å². The SMILES string of the molecule is CCCCCNCc1ncncc1C(=O)O. The molecule has 1 aromatic heterocycles. The number of aromatic carboxylic acids is 1. The van der Waals surface area contributed by atoms with Crippen LogP contribution in [-0.2, 0) is 6.54 Å². The van der Waals surface area contributed by atoms with Crippen LogP contribution in [0.15, 0.2) is 12.5 Å². The fraction of sp³-hybridized carbons (Fsp3) is 0.545. The van der Waals surface area contributed by atoms with E-state index in [-0.39, 0.29) is 5.56 Å². The van der Waals surface area contributed by atoms with E-state index >= 15 is 0 Å². The zero-order valence-corrected chi connectivity index (χ0v) is 9.44. The van der Waals surface area contributed by atoms with Crippen LogP contribution in [-0.4, -0.2) is 27.6 Å². The monoisotopic (exact) mass is 223 g/mol. The van der Waals surface area contributed by atoms with E-state index < -0.39 is 5.97 Å². The molecular formula is C11H17N3O2. The van der Waals surface area contributed by atoms with Gasteiger partial charge in [-0.1, -0.05) is 19.8 Å². The van der Waals surface area contributed by atoms with Gasteiger partial charge in [-0.2, -0.15) is 0 Å². The second kappa shape index (κ2) is 6.90. The van der Waals surface area contributed by atoms with Gasteiger partial charge in [-0.25, -0.2) is 14.8 Å². The lowest BCUT2D eigenvalue weighted by Crippen LogP contribution is -2.18. The molecule has 0 atom stereocenters. The van der Waals surface area contributed by atoms with Crippen molar-refractivity contribution in [1.82, 2.24) is 15.3 Å². The van der Waals surface area contributed by atoms with Gasteiger partial charge in [-0.3, -0.25) is 0 Å². The molecule has 0 radical (unpaired) electrons. The van der Waals surface area contributed by atoms with Gasteiger partial charge in [0.15, 0.2) is 0 Å². The Balaban J connectivity index is 2.44. The van der Waals surface area contributed by atoms with Crippen LogP contribution in [0.2, 0.25) is 0 Å². The summed E-state index contributed by atoms with van der Waals surface area (Å²) in [6.07, 6.45) is 6.16. The maximum atomic E-state index is 10.8.